The van der Waals surface area contributed by atoms with Crippen LogP contribution in [0.5, 0.6) is 11.5 Å². The quantitative estimate of drug-likeness (QED) is 0.0725. The van der Waals surface area contributed by atoms with E-state index < -0.39 is 28.3 Å². The molecule has 0 radical (unpaired) electrons. The van der Waals surface area contributed by atoms with Crippen molar-refractivity contribution >= 4 is 35.0 Å². The average Bonchev–Trinajstić information content (AvgIpc) is 2.96. The molecular weight excluding hydrogens is 520 g/mol. The second-order valence-electron chi connectivity index (χ2n) is 8.14. The van der Waals surface area contributed by atoms with Gasteiger partial charge in [-0.1, -0.05) is 36.9 Å². The fourth-order valence-corrected chi connectivity index (χ4v) is 3.33. The van der Waals surface area contributed by atoms with E-state index in [2.05, 4.69) is 22.1 Å². The standard InChI is InChI=1S/C28H26N4O8/c1-5-18-6-8-19(9-7-18)16-40-28(35)20-10-12-22(24(14-20)38-3)29-27(34)26(17(2)33)31-30-23-13-11-21(32(36)37)15-25(23)39-4/h5-15,33H,1,16H2,2-4H3,(H,29,34). The zero-order valence-electron chi connectivity index (χ0n) is 21.9. The van der Waals surface area contributed by atoms with Gasteiger partial charge in [0.25, 0.3) is 11.6 Å². The molecule has 0 heterocycles. The minimum Gasteiger partial charge on any atom is -0.510 e. The second-order valence-corrected chi connectivity index (χ2v) is 8.14. The molecule has 0 atom stereocenters. The summed E-state index contributed by atoms with van der Waals surface area (Å²) in [7, 11) is 2.65. The molecule has 0 saturated heterocycles. The molecule has 3 aromatic carbocycles. The first kappa shape index (κ1) is 29.0. The Labute approximate surface area is 229 Å². The van der Waals surface area contributed by atoms with Crippen LogP contribution in [-0.2, 0) is 16.1 Å². The van der Waals surface area contributed by atoms with E-state index in [4.69, 9.17) is 14.2 Å². The lowest BCUT2D eigenvalue weighted by Gasteiger charge is -2.12. The Morgan fingerprint density at radius 3 is 2.35 bits per heavy atom. The van der Waals surface area contributed by atoms with E-state index in [1.165, 1.54) is 51.5 Å². The molecule has 12 heteroatoms. The lowest BCUT2D eigenvalue weighted by Crippen LogP contribution is -2.15. The number of ether oxygens (including phenoxy) is 3. The van der Waals surface area contributed by atoms with Crippen LogP contribution in [0.1, 0.15) is 28.4 Å². The van der Waals surface area contributed by atoms with Crippen molar-refractivity contribution in [1.29, 1.82) is 0 Å². The van der Waals surface area contributed by atoms with Gasteiger partial charge >= 0.3 is 5.97 Å². The number of nitro groups is 1. The minimum atomic E-state index is -0.832. The monoisotopic (exact) mass is 546 g/mol. The number of hydrogen-bond donors (Lipinski definition) is 2. The molecule has 12 nitrogen and oxygen atoms in total. The number of aliphatic hydroxyl groups is 1. The topological polar surface area (TPSA) is 162 Å². The van der Waals surface area contributed by atoms with Gasteiger partial charge in [-0.05, 0) is 42.3 Å². The molecule has 0 fully saturated rings. The number of nitro benzene ring substituents is 1. The van der Waals surface area contributed by atoms with Gasteiger partial charge in [0.2, 0.25) is 0 Å². The number of hydrogen-bond acceptors (Lipinski definition) is 10. The normalized spacial score (nSPS) is 11.4. The van der Waals surface area contributed by atoms with Crippen LogP contribution in [0.25, 0.3) is 6.08 Å². The Balaban J connectivity index is 1.74. The summed E-state index contributed by atoms with van der Waals surface area (Å²) in [4.78, 5) is 35.9. The summed E-state index contributed by atoms with van der Waals surface area (Å²) in [6, 6.07) is 15.3. The van der Waals surface area contributed by atoms with Crippen LogP contribution in [-0.4, -0.2) is 36.1 Å². The van der Waals surface area contributed by atoms with Crippen molar-refractivity contribution in [2.45, 2.75) is 13.5 Å². The molecule has 0 aromatic heterocycles. The Morgan fingerprint density at radius 2 is 1.75 bits per heavy atom. The fraction of sp³-hybridized carbons (Fsp3) is 0.143. The summed E-state index contributed by atoms with van der Waals surface area (Å²) in [6.07, 6.45) is 1.71. The molecule has 0 bridgehead atoms. The smallest absolute Gasteiger partial charge is 0.338 e. The molecule has 0 unspecified atom stereocenters. The predicted octanol–water partition coefficient (Wildman–Crippen LogP) is 6.12. The number of carbonyl (C=O) groups excluding carboxylic acids is 2. The van der Waals surface area contributed by atoms with Crippen LogP contribution < -0.4 is 14.8 Å². The number of anilines is 1. The van der Waals surface area contributed by atoms with Crippen LogP contribution >= 0.6 is 0 Å². The number of allylic oxidation sites excluding steroid dienone is 1. The predicted molar refractivity (Wildman–Crippen MR) is 147 cm³/mol. The zero-order valence-corrected chi connectivity index (χ0v) is 21.9. The van der Waals surface area contributed by atoms with Gasteiger partial charge in [0, 0.05) is 6.07 Å². The van der Waals surface area contributed by atoms with E-state index in [-0.39, 0.29) is 40.7 Å². The summed E-state index contributed by atoms with van der Waals surface area (Å²) in [5.74, 6) is -1.67. The molecule has 206 valence electrons. The maximum atomic E-state index is 12.9. The van der Waals surface area contributed by atoms with Crippen molar-refractivity contribution in [3.05, 3.63) is 106 Å². The summed E-state index contributed by atoms with van der Waals surface area (Å²) < 4.78 is 15.8. The first-order chi connectivity index (χ1) is 19.2. The largest absolute Gasteiger partial charge is 0.510 e. The zero-order chi connectivity index (χ0) is 29.2. The highest BCUT2D eigenvalue weighted by molar-refractivity contribution is 6.05. The Morgan fingerprint density at radius 1 is 1.05 bits per heavy atom. The highest BCUT2D eigenvalue weighted by Crippen LogP contribution is 2.32. The van der Waals surface area contributed by atoms with Crippen LogP contribution in [0.3, 0.4) is 0 Å². The first-order valence-corrected chi connectivity index (χ1v) is 11.7. The molecule has 1 amide bonds. The van der Waals surface area contributed by atoms with E-state index in [0.717, 1.165) is 17.2 Å². The molecule has 2 N–H and O–H groups in total. The number of azo groups is 1. The van der Waals surface area contributed by atoms with Crippen molar-refractivity contribution in [2.75, 3.05) is 19.5 Å². The molecule has 0 aliphatic heterocycles. The van der Waals surface area contributed by atoms with E-state index in [1.807, 2.05) is 24.3 Å². The number of nitrogens with zero attached hydrogens (tertiary/aromatic N) is 3. The molecular formula is C28H26N4O8. The lowest BCUT2D eigenvalue weighted by molar-refractivity contribution is -0.384. The SMILES string of the molecule is C=Cc1ccc(COC(=O)c2ccc(NC(=O)C(N=Nc3ccc([N+](=O)[O-])cc3OC)=C(C)O)c(OC)c2)cc1. The van der Waals surface area contributed by atoms with Crippen LogP contribution in [0.15, 0.2) is 88.9 Å². The summed E-state index contributed by atoms with van der Waals surface area (Å²) in [6.45, 7) is 5.00. The van der Waals surface area contributed by atoms with Gasteiger partial charge in [0.1, 0.15) is 23.8 Å². The Hall–Kier alpha value is -5.52. The molecule has 0 aliphatic rings. The molecule has 3 rings (SSSR count). The summed E-state index contributed by atoms with van der Waals surface area (Å²) >= 11 is 0. The number of methoxy groups -OCH3 is 2. The third kappa shape index (κ3) is 7.28. The van der Waals surface area contributed by atoms with Crippen molar-refractivity contribution in [3.8, 4) is 11.5 Å². The maximum Gasteiger partial charge on any atom is 0.338 e. The van der Waals surface area contributed by atoms with Gasteiger partial charge in [-0.15, -0.1) is 10.2 Å². The van der Waals surface area contributed by atoms with Gasteiger partial charge in [0.15, 0.2) is 11.4 Å². The number of amides is 1. The third-order valence-corrected chi connectivity index (χ3v) is 5.46. The third-order valence-electron chi connectivity index (χ3n) is 5.46. The molecule has 0 saturated carbocycles. The number of non-ortho nitro benzene ring substituents is 1. The number of aliphatic hydroxyl groups excluding tert-OH is 1. The first-order valence-electron chi connectivity index (χ1n) is 11.7. The Bertz CT molecular complexity index is 1490. The highest BCUT2D eigenvalue weighted by Gasteiger charge is 2.18. The minimum absolute atomic E-state index is 0.0474. The maximum absolute atomic E-state index is 12.9. The summed E-state index contributed by atoms with van der Waals surface area (Å²) in [5, 5.41) is 31.3. The van der Waals surface area contributed by atoms with Crippen molar-refractivity contribution in [2.24, 2.45) is 10.2 Å². The van der Waals surface area contributed by atoms with E-state index in [9.17, 15) is 24.8 Å². The average molecular weight is 547 g/mol. The number of rotatable bonds is 11. The van der Waals surface area contributed by atoms with Crippen molar-refractivity contribution in [1.82, 2.24) is 0 Å². The van der Waals surface area contributed by atoms with Gasteiger partial charge in [-0.2, -0.15) is 0 Å². The van der Waals surface area contributed by atoms with Crippen molar-refractivity contribution < 1.29 is 33.8 Å². The molecule has 0 spiro atoms. The molecule has 3 aromatic rings. The highest BCUT2D eigenvalue weighted by atomic mass is 16.6. The van der Waals surface area contributed by atoms with Crippen LogP contribution in [0, 0.1) is 10.1 Å². The fourth-order valence-electron chi connectivity index (χ4n) is 3.33. The number of carbonyl (C=O) groups is 2. The van der Waals surface area contributed by atoms with Gasteiger partial charge < -0.3 is 24.6 Å². The Kier molecular flexibility index (Phi) is 9.68. The van der Waals surface area contributed by atoms with Crippen LogP contribution in [0.2, 0.25) is 0 Å². The van der Waals surface area contributed by atoms with Crippen molar-refractivity contribution in [3.63, 3.8) is 0 Å². The van der Waals surface area contributed by atoms with Gasteiger partial charge in [-0.25, -0.2) is 4.79 Å². The van der Waals surface area contributed by atoms with E-state index in [1.54, 1.807) is 6.08 Å². The molecule has 40 heavy (non-hydrogen) atoms. The number of nitrogens with one attached hydrogen (secondary N) is 1. The van der Waals surface area contributed by atoms with E-state index >= 15 is 0 Å². The van der Waals surface area contributed by atoms with Gasteiger partial charge in [-0.3, -0.25) is 14.9 Å². The molecule has 0 aliphatic carbocycles. The van der Waals surface area contributed by atoms with Gasteiger partial charge in [0.05, 0.1) is 36.5 Å². The number of benzene rings is 3. The van der Waals surface area contributed by atoms with Crippen LogP contribution in [0.4, 0.5) is 17.1 Å². The number of esters is 1. The lowest BCUT2D eigenvalue weighted by atomic mass is 10.1. The summed E-state index contributed by atoms with van der Waals surface area (Å²) in [5.41, 5.74) is 1.56. The second kappa shape index (κ2) is 13.3. The van der Waals surface area contributed by atoms with E-state index in [0.29, 0.717) is 0 Å².